The molecule has 0 radical (unpaired) electrons. The van der Waals surface area contributed by atoms with Gasteiger partial charge in [0.05, 0.1) is 6.54 Å². The lowest BCUT2D eigenvalue weighted by Crippen LogP contribution is -2.33. The van der Waals surface area contributed by atoms with Crippen molar-refractivity contribution >= 4 is 11.8 Å². The Morgan fingerprint density at radius 3 is 2.90 bits per heavy atom. The van der Waals surface area contributed by atoms with Gasteiger partial charge in [-0.15, -0.1) is 0 Å². The smallest absolute Gasteiger partial charge is 0.254 e. The molecule has 10 heavy (non-hydrogen) atoms. The van der Waals surface area contributed by atoms with Gasteiger partial charge in [0.25, 0.3) is 5.91 Å². The van der Waals surface area contributed by atoms with Crippen LogP contribution in [0.4, 0.5) is 0 Å². The molecular formula is C6H8N2O2. The molecule has 0 saturated carbocycles. The maximum Gasteiger partial charge on any atom is 0.254 e. The average Bonchev–Trinajstić information content (AvgIpc) is 1.96. The molecule has 0 fully saturated rings. The zero-order valence-corrected chi connectivity index (χ0v) is 5.60. The van der Waals surface area contributed by atoms with E-state index in [4.69, 9.17) is 0 Å². The van der Waals surface area contributed by atoms with Crippen molar-refractivity contribution in [2.24, 2.45) is 0 Å². The molecule has 1 aliphatic heterocycles. The topological polar surface area (TPSA) is 58.2 Å². The number of hydrogen-bond donors (Lipinski definition) is 2. The molecule has 0 aromatic heterocycles. The molecular weight excluding hydrogens is 132 g/mol. The summed E-state index contributed by atoms with van der Waals surface area (Å²) in [5, 5.41) is 4.87. The first kappa shape index (κ1) is 6.80. The van der Waals surface area contributed by atoms with E-state index in [-0.39, 0.29) is 18.4 Å². The minimum atomic E-state index is -0.324. The van der Waals surface area contributed by atoms with E-state index in [9.17, 15) is 9.59 Å². The summed E-state index contributed by atoms with van der Waals surface area (Å²) in [6, 6.07) is 0. The summed E-state index contributed by atoms with van der Waals surface area (Å²) >= 11 is 0. The van der Waals surface area contributed by atoms with Gasteiger partial charge in [-0.05, 0) is 6.92 Å². The Bertz CT molecular complexity index is 208. The fourth-order valence-corrected chi connectivity index (χ4v) is 0.632. The van der Waals surface area contributed by atoms with Crippen molar-refractivity contribution in [3.05, 3.63) is 11.8 Å². The van der Waals surface area contributed by atoms with E-state index in [2.05, 4.69) is 10.6 Å². The predicted octanol–water partition coefficient (Wildman–Crippen LogP) is -0.864. The summed E-state index contributed by atoms with van der Waals surface area (Å²) in [5.41, 5.74) is 0.519. The molecule has 0 aliphatic carbocycles. The Balaban J connectivity index is 2.73. The molecule has 1 heterocycles. The lowest BCUT2D eigenvalue weighted by Gasteiger charge is -1.95. The molecule has 0 spiro atoms. The van der Waals surface area contributed by atoms with Crippen molar-refractivity contribution in [3.8, 4) is 0 Å². The first-order chi connectivity index (χ1) is 4.70. The summed E-state index contributed by atoms with van der Waals surface area (Å²) in [6.07, 6.45) is 1.53. The summed E-state index contributed by atoms with van der Waals surface area (Å²) in [6.45, 7) is 1.81. The van der Waals surface area contributed by atoms with E-state index in [0.717, 1.165) is 0 Å². The minimum Gasteiger partial charge on any atom is -0.382 e. The fourth-order valence-electron chi connectivity index (χ4n) is 0.632. The van der Waals surface area contributed by atoms with Gasteiger partial charge >= 0.3 is 0 Å². The number of amides is 2. The van der Waals surface area contributed by atoms with Crippen LogP contribution in [0.15, 0.2) is 11.8 Å². The second-order valence-electron chi connectivity index (χ2n) is 2.09. The molecule has 4 nitrogen and oxygen atoms in total. The minimum absolute atomic E-state index is 0.170. The monoisotopic (exact) mass is 140 g/mol. The standard InChI is InChI=1S/C6H8N2O2/c1-4-2-7-3-5(9)8-6(4)10/h2,7H,3H2,1H3,(H,8,9,10). The van der Waals surface area contributed by atoms with Gasteiger partial charge in [-0.3, -0.25) is 14.9 Å². The van der Waals surface area contributed by atoms with Gasteiger partial charge in [0.15, 0.2) is 0 Å². The van der Waals surface area contributed by atoms with Gasteiger partial charge in [-0.25, -0.2) is 0 Å². The molecule has 2 amide bonds. The zero-order chi connectivity index (χ0) is 7.56. The van der Waals surface area contributed by atoms with Crippen molar-refractivity contribution < 1.29 is 9.59 Å². The van der Waals surface area contributed by atoms with Gasteiger partial charge in [-0.1, -0.05) is 0 Å². The van der Waals surface area contributed by atoms with Crippen LogP contribution in [0, 0.1) is 0 Å². The Labute approximate surface area is 58.3 Å². The summed E-state index contributed by atoms with van der Waals surface area (Å²) < 4.78 is 0. The highest BCUT2D eigenvalue weighted by atomic mass is 16.2. The summed E-state index contributed by atoms with van der Waals surface area (Å²) in [4.78, 5) is 21.4. The van der Waals surface area contributed by atoms with Crippen LogP contribution in [0.3, 0.4) is 0 Å². The second kappa shape index (κ2) is 2.51. The molecule has 1 aliphatic rings. The van der Waals surface area contributed by atoms with Crippen LogP contribution < -0.4 is 10.6 Å². The molecule has 4 heteroatoms. The first-order valence-electron chi connectivity index (χ1n) is 2.94. The highest BCUT2D eigenvalue weighted by Gasteiger charge is 2.11. The largest absolute Gasteiger partial charge is 0.382 e. The number of rotatable bonds is 0. The molecule has 0 saturated heterocycles. The zero-order valence-electron chi connectivity index (χ0n) is 5.60. The van der Waals surface area contributed by atoms with Gasteiger partial charge in [0.2, 0.25) is 5.91 Å². The van der Waals surface area contributed by atoms with Crippen LogP contribution in [0.2, 0.25) is 0 Å². The Kier molecular flexibility index (Phi) is 1.71. The maximum atomic E-state index is 10.8. The highest BCUT2D eigenvalue weighted by molar-refractivity contribution is 6.05. The molecule has 54 valence electrons. The lowest BCUT2D eigenvalue weighted by molar-refractivity contribution is -0.127. The van der Waals surface area contributed by atoms with E-state index in [1.165, 1.54) is 6.20 Å². The van der Waals surface area contributed by atoms with Crippen LogP contribution >= 0.6 is 0 Å². The van der Waals surface area contributed by atoms with Crippen molar-refractivity contribution in [2.75, 3.05) is 6.54 Å². The molecule has 0 atom stereocenters. The van der Waals surface area contributed by atoms with E-state index >= 15 is 0 Å². The third-order valence-electron chi connectivity index (χ3n) is 1.19. The number of nitrogens with one attached hydrogen (secondary N) is 2. The normalized spacial score (nSPS) is 18.7. The number of carbonyl (C=O) groups is 2. The fraction of sp³-hybridized carbons (Fsp3) is 0.333. The van der Waals surface area contributed by atoms with E-state index in [1.807, 2.05) is 0 Å². The molecule has 0 aromatic rings. The molecule has 0 unspecified atom stereocenters. The second-order valence-corrected chi connectivity index (χ2v) is 2.09. The quantitative estimate of drug-likeness (QED) is 0.430. The first-order valence-corrected chi connectivity index (χ1v) is 2.94. The summed E-state index contributed by atoms with van der Waals surface area (Å²) in [5.74, 6) is -0.617. The Morgan fingerprint density at radius 1 is 1.50 bits per heavy atom. The van der Waals surface area contributed by atoms with E-state index in [1.54, 1.807) is 6.92 Å². The van der Waals surface area contributed by atoms with Gasteiger partial charge in [-0.2, -0.15) is 0 Å². The molecule has 0 bridgehead atoms. The molecule has 2 N–H and O–H groups in total. The van der Waals surface area contributed by atoms with E-state index < -0.39 is 0 Å². The third-order valence-corrected chi connectivity index (χ3v) is 1.19. The van der Waals surface area contributed by atoms with Crippen LogP contribution in [-0.2, 0) is 9.59 Å². The van der Waals surface area contributed by atoms with Crippen LogP contribution in [0.1, 0.15) is 6.92 Å². The van der Waals surface area contributed by atoms with Crippen LogP contribution in [0.25, 0.3) is 0 Å². The maximum absolute atomic E-state index is 10.8. The van der Waals surface area contributed by atoms with Gasteiger partial charge < -0.3 is 5.32 Å². The Hall–Kier alpha value is -1.32. The van der Waals surface area contributed by atoms with Crippen molar-refractivity contribution in [3.63, 3.8) is 0 Å². The predicted molar refractivity (Wildman–Crippen MR) is 34.9 cm³/mol. The molecule has 1 rings (SSSR count). The molecule has 0 aromatic carbocycles. The van der Waals surface area contributed by atoms with Crippen LogP contribution in [0.5, 0.6) is 0 Å². The van der Waals surface area contributed by atoms with Crippen molar-refractivity contribution in [1.29, 1.82) is 0 Å². The van der Waals surface area contributed by atoms with Crippen LogP contribution in [-0.4, -0.2) is 18.4 Å². The number of imide groups is 1. The Morgan fingerprint density at radius 2 is 2.20 bits per heavy atom. The summed E-state index contributed by atoms with van der Waals surface area (Å²) in [7, 11) is 0. The van der Waals surface area contributed by atoms with Gasteiger partial charge in [0.1, 0.15) is 0 Å². The number of carbonyl (C=O) groups excluding carboxylic acids is 2. The lowest BCUT2D eigenvalue weighted by atomic mass is 10.3. The third kappa shape index (κ3) is 1.34. The van der Waals surface area contributed by atoms with Crippen molar-refractivity contribution in [1.82, 2.24) is 10.6 Å². The number of hydrogen-bond acceptors (Lipinski definition) is 3. The highest BCUT2D eigenvalue weighted by Crippen LogP contribution is 1.91. The SMILES string of the molecule is CC1=CNCC(=O)NC1=O. The van der Waals surface area contributed by atoms with Gasteiger partial charge in [0, 0.05) is 11.8 Å². The van der Waals surface area contributed by atoms with E-state index in [0.29, 0.717) is 5.57 Å². The average molecular weight is 140 g/mol. The van der Waals surface area contributed by atoms with Crippen molar-refractivity contribution in [2.45, 2.75) is 6.92 Å².